The minimum Gasteiger partial charge on any atom is -0.454 e. The summed E-state index contributed by atoms with van der Waals surface area (Å²) in [6.45, 7) is 5.12. The smallest absolute Gasteiger partial charge is 0.165 e. The van der Waals surface area contributed by atoms with Gasteiger partial charge in [-0.1, -0.05) is 35.8 Å². The van der Waals surface area contributed by atoms with E-state index < -0.39 is 0 Å². The first-order chi connectivity index (χ1) is 10.1. The second-order valence-electron chi connectivity index (χ2n) is 5.17. The monoisotopic (exact) mass is 351 g/mol. The summed E-state index contributed by atoms with van der Waals surface area (Å²) < 4.78 is 8.88. The highest BCUT2D eigenvalue weighted by atomic mass is 79.9. The Kier molecular flexibility index (Phi) is 5.82. The first kappa shape index (κ1) is 16.0. The lowest BCUT2D eigenvalue weighted by Gasteiger charge is -2.13. The number of benzene rings is 1. The van der Waals surface area contributed by atoms with Crippen molar-refractivity contribution in [1.29, 1.82) is 0 Å². The predicted octanol–water partition coefficient (Wildman–Crippen LogP) is 4.13. The highest BCUT2D eigenvalue weighted by molar-refractivity contribution is 9.10. The molecule has 1 unspecified atom stereocenters. The molecule has 0 radical (unpaired) electrons. The summed E-state index contributed by atoms with van der Waals surface area (Å²) in [4.78, 5) is 0. The molecule has 2 N–H and O–H groups in total. The number of aromatic nitrogens is 2. The molecule has 114 valence electrons. The molecule has 0 fully saturated rings. The molecule has 0 aliphatic carbocycles. The van der Waals surface area contributed by atoms with Gasteiger partial charge in [-0.25, -0.2) is 0 Å². The zero-order chi connectivity index (χ0) is 15.2. The molecule has 0 spiro atoms. The van der Waals surface area contributed by atoms with Gasteiger partial charge in [0.1, 0.15) is 5.75 Å². The topological polar surface area (TPSA) is 53.1 Å². The average Bonchev–Trinajstić information content (AvgIpc) is 2.89. The molecule has 0 saturated heterocycles. The van der Waals surface area contributed by atoms with E-state index in [4.69, 9.17) is 10.5 Å². The van der Waals surface area contributed by atoms with Crippen molar-refractivity contribution in [3.8, 4) is 11.5 Å². The average molecular weight is 352 g/mol. The van der Waals surface area contributed by atoms with Crippen LogP contribution in [0.1, 0.15) is 32.3 Å². The Morgan fingerprint density at radius 2 is 2.19 bits per heavy atom. The third-order valence-electron chi connectivity index (χ3n) is 3.33. The zero-order valence-electron chi connectivity index (χ0n) is 12.6. The van der Waals surface area contributed by atoms with Gasteiger partial charge in [-0.15, -0.1) is 0 Å². The Morgan fingerprint density at radius 1 is 1.38 bits per heavy atom. The lowest BCUT2D eigenvalue weighted by atomic mass is 10.0. The Labute approximate surface area is 134 Å². The molecule has 1 heterocycles. The van der Waals surface area contributed by atoms with Gasteiger partial charge in [0, 0.05) is 17.1 Å². The van der Waals surface area contributed by atoms with Crippen molar-refractivity contribution >= 4 is 15.9 Å². The lowest BCUT2D eigenvalue weighted by Crippen LogP contribution is -2.21. The van der Waals surface area contributed by atoms with Gasteiger partial charge in [0.05, 0.1) is 12.4 Å². The van der Waals surface area contributed by atoms with E-state index in [1.807, 2.05) is 23.0 Å². The minimum absolute atomic E-state index is 0.149. The number of nitrogens with two attached hydrogens (primary N) is 1. The maximum atomic E-state index is 6.07. The second-order valence-corrected chi connectivity index (χ2v) is 6.08. The predicted molar refractivity (Wildman–Crippen MR) is 88.7 cm³/mol. The summed E-state index contributed by atoms with van der Waals surface area (Å²) in [6.07, 6.45) is 6.48. The van der Waals surface area contributed by atoms with Crippen LogP contribution in [0.4, 0.5) is 0 Å². The van der Waals surface area contributed by atoms with Crippen molar-refractivity contribution in [3.63, 3.8) is 0 Å². The van der Waals surface area contributed by atoms with Crippen LogP contribution in [0.2, 0.25) is 0 Å². The Morgan fingerprint density at radius 3 is 2.90 bits per heavy atom. The van der Waals surface area contributed by atoms with Crippen LogP contribution in [-0.2, 0) is 13.0 Å². The molecule has 21 heavy (non-hydrogen) atoms. The van der Waals surface area contributed by atoms with E-state index in [9.17, 15) is 0 Å². The summed E-state index contributed by atoms with van der Waals surface area (Å²) in [6, 6.07) is 6.21. The molecular weight excluding hydrogens is 330 g/mol. The molecule has 4 nitrogen and oxygen atoms in total. The van der Waals surface area contributed by atoms with Gasteiger partial charge < -0.3 is 10.5 Å². The van der Waals surface area contributed by atoms with Crippen LogP contribution in [0.5, 0.6) is 11.5 Å². The van der Waals surface area contributed by atoms with E-state index in [1.54, 1.807) is 6.20 Å². The van der Waals surface area contributed by atoms with Crippen molar-refractivity contribution in [2.45, 2.75) is 45.7 Å². The lowest BCUT2D eigenvalue weighted by molar-refractivity contribution is 0.470. The fourth-order valence-corrected chi connectivity index (χ4v) is 2.43. The van der Waals surface area contributed by atoms with Crippen LogP contribution < -0.4 is 10.5 Å². The van der Waals surface area contributed by atoms with Crippen LogP contribution >= 0.6 is 15.9 Å². The standard InChI is InChI=1S/C16H22BrN3O/c1-3-7-20-11-15(10-19-20)21-16-9-13(17)6-5-12(16)8-14(18)4-2/h5-6,9-11,14H,3-4,7-8,18H2,1-2H3. The van der Waals surface area contributed by atoms with Crippen LogP contribution in [0.25, 0.3) is 0 Å². The molecule has 2 aromatic rings. The number of aryl methyl sites for hydroxylation is 1. The molecule has 0 saturated carbocycles. The molecule has 1 aromatic carbocycles. The van der Waals surface area contributed by atoms with Crippen molar-refractivity contribution in [1.82, 2.24) is 9.78 Å². The van der Waals surface area contributed by atoms with E-state index in [0.29, 0.717) is 0 Å². The van der Waals surface area contributed by atoms with Gasteiger partial charge >= 0.3 is 0 Å². The van der Waals surface area contributed by atoms with Crippen LogP contribution in [-0.4, -0.2) is 15.8 Å². The van der Waals surface area contributed by atoms with Crippen LogP contribution in [0.15, 0.2) is 35.1 Å². The molecule has 0 bridgehead atoms. The fraction of sp³-hybridized carbons (Fsp3) is 0.438. The molecule has 0 aliphatic rings. The summed E-state index contributed by atoms with van der Waals surface area (Å²) in [7, 11) is 0. The maximum Gasteiger partial charge on any atom is 0.165 e. The third kappa shape index (κ3) is 4.58. The van der Waals surface area contributed by atoms with Gasteiger partial charge in [-0.3, -0.25) is 4.68 Å². The SMILES string of the molecule is CCCn1cc(Oc2cc(Br)ccc2CC(N)CC)cn1. The summed E-state index contributed by atoms with van der Waals surface area (Å²) >= 11 is 3.49. The summed E-state index contributed by atoms with van der Waals surface area (Å²) in [5, 5.41) is 4.29. The Balaban J connectivity index is 2.18. The second kappa shape index (κ2) is 7.61. The Hall–Kier alpha value is -1.33. The van der Waals surface area contributed by atoms with Crippen molar-refractivity contribution in [3.05, 3.63) is 40.6 Å². The van der Waals surface area contributed by atoms with Gasteiger partial charge in [0.2, 0.25) is 0 Å². The number of hydrogen-bond acceptors (Lipinski definition) is 3. The van der Waals surface area contributed by atoms with E-state index in [2.05, 4.69) is 40.9 Å². The Bertz CT molecular complexity index is 583. The van der Waals surface area contributed by atoms with E-state index in [-0.39, 0.29) is 6.04 Å². The summed E-state index contributed by atoms with van der Waals surface area (Å²) in [5.41, 5.74) is 7.19. The molecule has 1 aromatic heterocycles. The number of hydrogen-bond donors (Lipinski definition) is 1. The molecule has 0 aliphatic heterocycles. The third-order valence-corrected chi connectivity index (χ3v) is 3.82. The number of rotatable bonds is 7. The van der Waals surface area contributed by atoms with Gasteiger partial charge in [-0.2, -0.15) is 5.10 Å². The largest absolute Gasteiger partial charge is 0.454 e. The minimum atomic E-state index is 0.149. The highest BCUT2D eigenvalue weighted by Gasteiger charge is 2.10. The van der Waals surface area contributed by atoms with Gasteiger partial charge in [0.15, 0.2) is 5.75 Å². The van der Waals surface area contributed by atoms with Gasteiger partial charge in [0.25, 0.3) is 0 Å². The fourth-order valence-electron chi connectivity index (χ4n) is 2.09. The molecular formula is C16H22BrN3O. The normalized spacial score (nSPS) is 12.4. The van der Waals surface area contributed by atoms with Crippen molar-refractivity contribution in [2.24, 2.45) is 5.73 Å². The zero-order valence-corrected chi connectivity index (χ0v) is 14.1. The molecule has 5 heteroatoms. The van der Waals surface area contributed by atoms with E-state index >= 15 is 0 Å². The molecule has 1 atom stereocenters. The van der Waals surface area contributed by atoms with E-state index in [0.717, 1.165) is 47.3 Å². The molecule has 0 amide bonds. The van der Waals surface area contributed by atoms with Crippen LogP contribution in [0, 0.1) is 0 Å². The number of halogens is 1. The van der Waals surface area contributed by atoms with E-state index in [1.165, 1.54) is 0 Å². The summed E-state index contributed by atoms with van der Waals surface area (Å²) in [5.74, 6) is 1.59. The highest BCUT2D eigenvalue weighted by Crippen LogP contribution is 2.29. The number of nitrogens with zero attached hydrogens (tertiary/aromatic N) is 2. The first-order valence-electron chi connectivity index (χ1n) is 7.36. The quantitative estimate of drug-likeness (QED) is 0.815. The van der Waals surface area contributed by atoms with Crippen molar-refractivity contribution in [2.75, 3.05) is 0 Å². The van der Waals surface area contributed by atoms with Gasteiger partial charge in [-0.05, 0) is 37.0 Å². The maximum absolute atomic E-state index is 6.07. The number of ether oxygens (including phenoxy) is 1. The van der Waals surface area contributed by atoms with Crippen molar-refractivity contribution < 1.29 is 4.74 Å². The first-order valence-corrected chi connectivity index (χ1v) is 8.16. The molecule has 2 rings (SSSR count). The van der Waals surface area contributed by atoms with Crippen LogP contribution in [0.3, 0.4) is 0 Å².